The van der Waals surface area contributed by atoms with E-state index in [4.69, 9.17) is 0 Å². The molecule has 1 heterocycles. The highest BCUT2D eigenvalue weighted by atomic mass is 32.2. The van der Waals surface area contributed by atoms with Crippen LogP contribution in [0.15, 0.2) is 82.4 Å². The molecule has 4 rings (SSSR count). The van der Waals surface area contributed by atoms with Crippen molar-refractivity contribution in [2.45, 2.75) is 13.0 Å². The van der Waals surface area contributed by atoms with Gasteiger partial charge in [-0.05, 0) is 68.8 Å². The number of benzene rings is 3. The number of carbonyl (C=O) groups excluding carboxylic acids is 2. The van der Waals surface area contributed by atoms with Crippen LogP contribution in [0.2, 0.25) is 0 Å². The number of carbonyl (C=O) groups is 2. The molecule has 3 aromatic rings. The summed E-state index contributed by atoms with van der Waals surface area (Å²) in [6.07, 6.45) is 2.83. The standard InChI is InChI=1S/C16H17N3OS.C14H20N2O.CH5N/c1-17-15(10-20)16(18-2)21-11-19-14-8-7-12-5-3-4-6-13(12)9-14;1-15-7-2-8-16(10-9-15)11-13-3-5-14(12-17)6-4-13;1-2/h3-10,18-19H,1,11H2,2H3;3-6,12H,2,7-11H2,1H3;2H2,1H3/b16-15-;;. The molecule has 9 heteroatoms. The molecule has 0 atom stereocenters. The highest BCUT2D eigenvalue weighted by Crippen LogP contribution is 2.21. The number of nitrogens with one attached hydrogen (secondary N) is 2. The topological polar surface area (TPSA) is 103 Å². The average Bonchev–Trinajstić information content (AvgIpc) is 3.22. The van der Waals surface area contributed by atoms with E-state index in [1.807, 2.05) is 30.3 Å². The van der Waals surface area contributed by atoms with Gasteiger partial charge in [-0.2, -0.15) is 0 Å². The lowest BCUT2D eigenvalue weighted by atomic mass is 10.1. The third-order valence-electron chi connectivity index (χ3n) is 6.32. The van der Waals surface area contributed by atoms with Crippen LogP contribution >= 0.6 is 11.8 Å². The zero-order chi connectivity index (χ0) is 29.2. The van der Waals surface area contributed by atoms with Crippen LogP contribution in [0.5, 0.6) is 0 Å². The third kappa shape index (κ3) is 10.9. The van der Waals surface area contributed by atoms with E-state index in [9.17, 15) is 9.59 Å². The molecule has 4 N–H and O–H groups in total. The van der Waals surface area contributed by atoms with Gasteiger partial charge in [-0.3, -0.25) is 19.5 Å². The van der Waals surface area contributed by atoms with Gasteiger partial charge >= 0.3 is 0 Å². The van der Waals surface area contributed by atoms with Gasteiger partial charge in [-0.1, -0.05) is 66.4 Å². The number of hydrogen-bond donors (Lipinski definition) is 3. The first-order valence-electron chi connectivity index (χ1n) is 13.3. The molecule has 1 fully saturated rings. The van der Waals surface area contributed by atoms with E-state index in [1.165, 1.54) is 54.7 Å². The van der Waals surface area contributed by atoms with Crippen molar-refractivity contribution < 1.29 is 9.59 Å². The van der Waals surface area contributed by atoms with Gasteiger partial charge < -0.3 is 21.3 Å². The summed E-state index contributed by atoms with van der Waals surface area (Å²) in [6.45, 7) is 9.02. The van der Waals surface area contributed by atoms with Gasteiger partial charge in [0.1, 0.15) is 12.0 Å². The Morgan fingerprint density at radius 2 is 1.73 bits per heavy atom. The lowest BCUT2D eigenvalue weighted by molar-refractivity contribution is -0.105. The molecule has 0 spiro atoms. The quantitative estimate of drug-likeness (QED) is 0.144. The predicted molar refractivity (Wildman–Crippen MR) is 171 cm³/mol. The van der Waals surface area contributed by atoms with E-state index >= 15 is 0 Å². The average molecular weight is 563 g/mol. The summed E-state index contributed by atoms with van der Waals surface area (Å²) in [5.74, 6) is 0.626. The number of likely N-dealkylation sites (N-methyl/N-ethyl adjacent to an activating group) is 1. The van der Waals surface area contributed by atoms with Crippen LogP contribution in [-0.4, -0.2) is 82.3 Å². The summed E-state index contributed by atoms with van der Waals surface area (Å²) < 4.78 is 0. The molecule has 0 bridgehead atoms. The van der Waals surface area contributed by atoms with Crippen LogP contribution in [0.25, 0.3) is 10.8 Å². The van der Waals surface area contributed by atoms with Gasteiger partial charge in [0.05, 0.1) is 10.9 Å². The highest BCUT2D eigenvalue weighted by Gasteiger charge is 2.12. The Labute approximate surface area is 242 Å². The first-order chi connectivity index (χ1) is 19.6. The molecular formula is C31H42N6O2S. The van der Waals surface area contributed by atoms with Crippen molar-refractivity contribution >= 4 is 47.5 Å². The van der Waals surface area contributed by atoms with Gasteiger partial charge in [0.2, 0.25) is 0 Å². The van der Waals surface area contributed by atoms with Crippen LogP contribution < -0.4 is 16.4 Å². The number of fused-ring (bicyclic) bond motifs is 1. The van der Waals surface area contributed by atoms with Gasteiger partial charge in [-0.25, -0.2) is 0 Å². The Morgan fingerprint density at radius 1 is 1.00 bits per heavy atom. The number of nitrogens with two attached hydrogens (primary N) is 1. The van der Waals surface area contributed by atoms with Crippen LogP contribution in [0.4, 0.5) is 5.69 Å². The number of aliphatic imine (C=N–C) groups is 1. The minimum absolute atomic E-state index is 0.322. The van der Waals surface area contributed by atoms with Gasteiger partial charge in [0.25, 0.3) is 0 Å². The second-order valence-corrected chi connectivity index (χ2v) is 10.0. The number of anilines is 1. The number of hydrogen-bond acceptors (Lipinski definition) is 9. The summed E-state index contributed by atoms with van der Waals surface area (Å²) in [4.78, 5) is 30.0. The highest BCUT2D eigenvalue weighted by molar-refractivity contribution is 8.03. The molecule has 3 aromatic carbocycles. The molecule has 8 nitrogen and oxygen atoms in total. The molecule has 214 valence electrons. The van der Waals surface area contributed by atoms with Crippen molar-refractivity contribution in [2.75, 3.05) is 58.5 Å². The maximum Gasteiger partial charge on any atom is 0.171 e. The zero-order valence-electron chi connectivity index (χ0n) is 23.8. The molecule has 1 saturated heterocycles. The monoisotopic (exact) mass is 562 g/mol. The van der Waals surface area contributed by atoms with Crippen LogP contribution in [-0.2, 0) is 11.3 Å². The minimum atomic E-state index is 0.322. The fourth-order valence-electron chi connectivity index (χ4n) is 4.15. The van der Waals surface area contributed by atoms with Crippen molar-refractivity contribution in [3.8, 4) is 0 Å². The van der Waals surface area contributed by atoms with E-state index in [1.54, 1.807) is 7.05 Å². The van der Waals surface area contributed by atoms with E-state index in [-0.39, 0.29) is 0 Å². The Bertz CT molecular complexity index is 1220. The molecule has 40 heavy (non-hydrogen) atoms. The molecule has 0 saturated carbocycles. The molecule has 0 radical (unpaired) electrons. The molecule has 0 aliphatic carbocycles. The maximum absolute atomic E-state index is 10.9. The lowest BCUT2D eigenvalue weighted by Crippen LogP contribution is -2.28. The summed E-state index contributed by atoms with van der Waals surface area (Å²) in [5.41, 5.74) is 7.91. The Kier molecular flexibility index (Phi) is 15.3. The molecule has 0 unspecified atom stereocenters. The van der Waals surface area contributed by atoms with Gasteiger partial charge in [0.15, 0.2) is 6.29 Å². The first kappa shape index (κ1) is 32.7. The van der Waals surface area contributed by atoms with E-state index in [0.29, 0.717) is 22.9 Å². The van der Waals surface area contributed by atoms with Crippen LogP contribution in [0, 0.1) is 0 Å². The number of aldehydes is 2. The van der Waals surface area contributed by atoms with Crippen molar-refractivity contribution in [3.05, 3.63) is 88.6 Å². The SMILES string of the molecule is C=N/C(C=O)=C(/NC)SCNc1ccc2ccccc2c1.CN.CN1CCCN(Cc2ccc(C=O)cc2)CC1. The molecule has 1 aliphatic heterocycles. The predicted octanol–water partition coefficient (Wildman–Crippen LogP) is 4.44. The number of rotatable bonds is 10. The molecular weight excluding hydrogens is 520 g/mol. The second kappa shape index (κ2) is 18.7. The smallest absolute Gasteiger partial charge is 0.171 e. The van der Waals surface area contributed by atoms with E-state index < -0.39 is 0 Å². The second-order valence-electron chi connectivity index (χ2n) is 9.06. The van der Waals surface area contributed by atoms with E-state index in [2.05, 4.69) is 81.3 Å². The fraction of sp³-hybridized carbons (Fsp3) is 0.323. The Morgan fingerprint density at radius 3 is 2.38 bits per heavy atom. The third-order valence-corrected chi connectivity index (χ3v) is 7.31. The number of thioether (sulfide) groups is 1. The number of allylic oxidation sites excluding steroid dienone is 1. The van der Waals surface area contributed by atoms with Gasteiger partial charge in [-0.15, -0.1) is 0 Å². The Hall–Kier alpha value is -3.50. The summed E-state index contributed by atoms with van der Waals surface area (Å²) in [6, 6.07) is 22.3. The first-order valence-corrected chi connectivity index (χ1v) is 14.3. The Balaban J connectivity index is 0.000000269. The molecule has 1 aliphatic rings. The zero-order valence-corrected chi connectivity index (χ0v) is 24.6. The van der Waals surface area contributed by atoms with Crippen LogP contribution in [0.3, 0.4) is 0 Å². The summed E-state index contributed by atoms with van der Waals surface area (Å²) in [5, 5.41) is 9.38. The largest absolute Gasteiger partial charge is 0.381 e. The fourth-order valence-corrected chi connectivity index (χ4v) is 4.93. The van der Waals surface area contributed by atoms with Crippen LogP contribution in [0.1, 0.15) is 22.3 Å². The molecule has 0 amide bonds. The van der Waals surface area contributed by atoms with E-state index in [0.717, 1.165) is 37.2 Å². The van der Waals surface area contributed by atoms with Crippen molar-refractivity contribution in [2.24, 2.45) is 10.7 Å². The normalized spacial score (nSPS) is 14.3. The van der Waals surface area contributed by atoms with Crippen molar-refractivity contribution in [3.63, 3.8) is 0 Å². The minimum Gasteiger partial charge on any atom is -0.381 e. The maximum atomic E-state index is 10.9. The van der Waals surface area contributed by atoms with Crippen molar-refractivity contribution in [1.29, 1.82) is 0 Å². The molecule has 0 aromatic heterocycles. The van der Waals surface area contributed by atoms with Gasteiger partial charge in [0, 0.05) is 37.9 Å². The summed E-state index contributed by atoms with van der Waals surface area (Å²) in [7, 11) is 5.44. The summed E-state index contributed by atoms with van der Waals surface area (Å²) >= 11 is 1.47. The van der Waals surface area contributed by atoms with Crippen molar-refractivity contribution in [1.82, 2.24) is 15.1 Å². The lowest BCUT2D eigenvalue weighted by Gasteiger charge is -2.20. The number of nitrogens with zero attached hydrogens (tertiary/aromatic N) is 3.